The summed E-state index contributed by atoms with van der Waals surface area (Å²) in [5, 5.41) is 0. The normalized spacial score (nSPS) is 28.5. The summed E-state index contributed by atoms with van der Waals surface area (Å²) >= 11 is 0. The fraction of sp³-hybridized carbons (Fsp3) is 0.500. The van der Waals surface area contributed by atoms with Gasteiger partial charge in [-0.1, -0.05) is 18.2 Å². The van der Waals surface area contributed by atoms with Crippen LogP contribution in [0.3, 0.4) is 0 Å². The average molecular weight is 387 g/mol. The van der Waals surface area contributed by atoms with Gasteiger partial charge in [0.1, 0.15) is 18.5 Å². The number of fused-ring (bicyclic) bond motifs is 3. The number of benzene rings is 1. The number of ether oxygens (including phenoxy) is 3. The number of carbonyl (C=O) groups excluding carboxylic acids is 4. The van der Waals surface area contributed by atoms with Gasteiger partial charge in [-0.05, 0) is 26.8 Å². The Labute approximate surface area is 161 Å². The number of para-hydroxylation sites is 1. The molecule has 0 N–H and O–H groups in total. The number of hydrogen-bond acceptors (Lipinski definition) is 7. The van der Waals surface area contributed by atoms with Gasteiger partial charge < -0.3 is 14.2 Å². The predicted octanol–water partition coefficient (Wildman–Crippen LogP) is 2.02. The van der Waals surface area contributed by atoms with Crippen molar-refractivity contribution in [3.8, 4) is 5.75 Å². The van der Waals surface area contributed by atoms with E-state index in [2.05, 4.69) is 0 Å². The molecular weight excluding hydrogens is 366 g/mol. The molecule has 148 valence electrons. The van der Waals surface area contributed by atoms with Gasteiger partial charge in [-0.15, -0.1) is 0 Å². The summed E-state index contributed by atoms with van der Waals surface area (Å²) in [6.45, 7) is 5.36. The summed E-state index contributed by atoms with van der Waals surface area (Å²) in [7, 11) is 0. The minimum atomic E-state index is -1.60. The highest BCUT2D eigenvalue weighted by Crippen LogP contribution is 2.60. The molecule has 8 nitrogen and oxygen atoms in total. The van der Waals surface area contributed by atoms with Crippen molar-refractivity contribution in [1.29, 1.82) is 0 Å². The van der Waals surface area contributed by atoms with Gasteiger partial charge in [0, 0.05) is 12.0 Å². The van der Waals surface area contributed by atoms with Gasteiger partial charge in [0.2, 0.25) is 5.91 Å². The highest BCUT2D eigenvalue weighted by Gasteiger charge is 2.71. The predicted molar refractivity (Wildman–Crippen MR) is 94.3 cm³/mol. The van der Waals surface area contributed by atoms with Crippen molar-refractivity contribution in [2.45, 2.75) is 39.2 Å². The number of nitrogens with zero attached hydrogens (tertiary/aromatic N) is 1. The fourth-order valence-electron chi connectivity index (χ4n) is 3.97. The van der Waals surface area contributed by atoms with Crippen LogP contribution >= 0.6 is 0 Å². The van der Waals surface area contributed by atoms with Crippen LogP contribution < -0.4 is 4.74 Å². The first-order chi connectivity index (χ1) is 13.2. The van der Waals surface area contributed by atoms with Crippen molar-refractivity contribution < 1.29 is 33.4 Å². The minimum Gasteiger partial charge on any atom is -0.461 e. The summed E-state index contributed by atoms with van der Waals surface area (Å²) in [4.78, 5) is 51.4. The Morgan fingerprint density at radius 1 is 1.21 bits per heavy atom. The van der Waals surface area contributed by atoms with E-state index in [9.17, 15) is 19.2 Å². The second kappa shape index (κ2) is 6.05. The molecule has 4 rings (SSSR count). The van der Waals surface area contributed by atoms with Gasteiger partial charge in [0.25, 0.3) is 0 Å². The third kappa shape index (κ3) is 2.51. The van der Waals surface area contributed by atoms with Crippen molar-refractivity contribution in [2.24, 2.45) is 10.8 Å². The molecular formula is C20H21NO7. The zero-order valence-corrected chi connectivity index (χ0v) is 15.9. The highest BCUT2D eigenvalue weighted by atomic mass is 16.6. The molecule has 1 saturated carbocycles. The zero-order chi connectivity index (χ0) is 20.3. The third-order valence-corrected chi connectivity index (χ3v) is 5.51. The molecule has 2 heterocycles. The maximum absolute atomic E-state index is 13.2. The number of imide groups is 1. The van der Waals surface area contributed by atoms with E-state index in [1.807, 2.05) is 0 Å². The molecule has 0 radical (unpaired) electrons. The van der Waals surface area contributed by atoms with Crippen molar-refractivity contribution >= 4 is 23.9 Å². The highest BCUT2D eigenvalue weighted by molar-refractivity contribution is 6.11. The van der Waals surface area contributed by atoms with Crippen LogP contribution in [0.1, 0.15) is 38.7 Å². The molecule has 2 aliphatic heterocycles. The molecule has 1 saturated heterocycles. The van der Waals surface area contributed by atoms with Crippen molar-refractivity contribution in [3.05, 3.63) is 29.8 Å². The van der Waals surface area contributed by atoms with Gasteiger partial charge >= 0.3 is 18.0 Å². The van der Waals surface area contributed by atoms with Gasteiger partial charge in [0.15, 0.2) is 5.41 Å². The van der Waals surface area contributed by atoms with Crippen LogP contribution in [-0.4, -0.2) is 48.1 Å². The van der Waals surface area contributed by atoms with E-state index in [-0.39, 0.29) is 19.6 Å². The number of amides is 2. The van der Waals surface area contributed by atoms with E-state index >= 15 is 0 Å². The number of hydrogen-bond donors (Lipinski definition) is 0. The van der Waals surface area contributed by atoms with Gasteiger partial charge in [-0.2, -0.15) is 0 Å². The Bertz CT molecular complexity index is 887. The first-order valence-corrected chi connectivity index (χ1v) is 9.17. The molecule has 1 aromatic carbocycles. The monoisotopic (exact) mass is 387 g/mol. The standard InChI is InChI=1S/C20H21NO7/c1-19(2,3)16(23)28-13-10-20(15(22)21-8-9-26-18(21)25)14(13)11-6-4-5-7-12(11)27-17(20)24/h4-7,13-14H,8-10H2,1-3H3/t13-,14+,20-/m1/s1. The van der Waals surface area contributed by atoms with Crippen LogP contribution in [0.2, 0.25) is 0 Å². The van der Waals surface area contributed by atoms with Crippen LogP contribution in [0.15, 0.2) is 24.3 Å². The Kier molecular flexibility index (Phi) is 3.99. The molecule has 0 bridgehead atoms. The first-order valence-electron chi connectivity index (χ1n) is 9.17. The minimum absolute atomic E-state index is 0.0325. The topological polar surface area (TPSA) is 99.2 Å². The molecule has 3 aliphatic rings. The van der Waals surface area contributed by atoms with Gasteiger partial charge in [-0.3, -0.25) is 14.4 Å². The number of rotatable bonds is 2. The van der Waals surface area contributed by atoms with Crippen LogP contribution in [0.4, 0.5) is 4.79 Å². The molecule has 28 heavy (non-hydrogen) atoms. The summed E-state index contributed by atoms with van der Waals surface area (Å²) < 4.78 is 15.9. The fourth-order valence-corrected chi connectivity index (χ4v) is 3.97. The Morgan fingerprint density at radius 3 is 2.57 bits per heavy atom. The lowest BCUT2D eigenvalue weighted by atomic mass is 9.53. The molecule has 3 atom stereocenters. The number of cyclic esters (lactones) is 1. The second-order valence-corrected chi connectivity index (χ2v) is 8.35. The van der Waals surface area contributed by atoms with E-state index in [0.717, 1.165) is 4.90 Å². The summed E-state index contributed by atoms with van der Waals surface area (Å²) in [6.07, 6.45) is -1.47. The molecule has 2 fully saturated rings. The zero-order valence-electron chi connectivity index (χ0n) is 15.9. The summed E-state index contributed by atoms with van der Waals surface area (Å²) in [5.41, 5.74) is -1.71. The van der Waals surface area contributed by atoms with E-state index in [0.29, 0.717) is 11.3 Å². The van der Waals surface area contributed by atoms with Gasteiger partial charge in [-0.25, -0.2) is 9.69 Å². The molecule has 1 aliphatic carbocycles. The smallest absolute Gasteiger partial charge is 0.416 e. The molecule has 1 aromatic rings. The number of esters is 2. The molecule has 8 heteroatoms. The Balaban J connectivity index is 1.73. The summed E-state index contributed by atoms with van der Waals surface area (Å²) in [6, 6.07) is 6.85. The van der Waals surface area contributed by atoms with Crippen LogP contribution in [0.5, 0.6) is 5.75 Å². The van der Waals surface area contributed by atoms with Crippen molar-refractivity contribution in [3.63, 3.8) is 0 Å². The lowest BCUT2D eigenvalue weighted by Crippen LogP contribution is -2.66. The molecule has 0 unspecified atom stereocenters. The van der Waals surface area contributed by atoms with Gasteiger partial charge in [0.05, 0.1) is 17.9 Å². The number of carbonyl (C=O) groups is 4. The van der Waals surface area contributed by atoms with Crippen molar-refractivity contribution in [2.75, 3.05) is 13.2 Å². The molecule has 0 spiro atoms. The van der Waals surface area contributed by atoms with Crippen molar-refractivity contribution in [1.82, 2.24) is 4.90 Å². The van der Waals surface area contributed by atoms with Crippen LogP contribution in [0.25, 0.3) is 0 Å². The lowest BCUT2D eigenvalue weighted by Gasteiger charge is -2.53. The quantitative estimate of drug-likeness (QED) is 0.435. The van der Waals surface area contributed by atoms with Crippen LogP contribution in [-0.2, 0) is 23.9 Å². The Morgan fingerprint density at radius 2 is 1.93 bits per heavy atom. The maximum atomic E-state index is 13.2. The third-order valence-electron chi connectivity index (χ3n) is 5.51. The van der Waals surface area contributed by atoms with E-state index in [4.69, 9.17) is 14.2 Å². The Hall–Kier alpha value is -2.90. The SMILES string of the molecule is CC(C)(C)C(=O)O[C@@H]1C[C@@]2(C(=O)N3CCOC3=O)C(=O)Oc3ccccc3[C@@H]12. The lowest BCUT2D eigenvalue weighted by molar-refractivity contribution is -0.195. The van der Waals surface area contributed by atoms with E-state index in [1.165, 1.54) is 0 Å². The average Bonchev–Trinajstić information content (AvgIpc) is 3.03. The largest absolute Gasteiger partial charge is 0.461 e. The molecule has 2 amide bonds. The second-order valence-electron chi connectivity index (χ2n) is 8.35. The summed E-state index contributed by atoms with van der Waals surface area (Å²) in [5.74, 6) is -2.19. The molecule has 0 aromatic heterocycles. The first kappa shape index (κ1) is 18.5. The van der Waals surface area contributed by atoms with E-state index in [1.54, 1.807) is 45.0 Å². The maximum Gasteiger partial charge on any atom is 0.416 e. The van der Waals surface area contributed by atoms with E-state index < -0.39 is 46.8 Å². The van der Waals surface area contributed by atoms with Crippen LogP contribution in [0, 0.1) is 10.8 Å².